The maximum Gasteiger partial charge on any atom is 0.308 e. The van der Waals surface area contributed by atoms with E-state index in [4.69, 9.17) is 4.74 Å². The molecule has 0 bridgehead atoms. The van der Waals surface area contributed by atoms with Crippen molar-refractivity contribution in [1.29, 1.82) is 0 Å². The zero-order chi connectivity index (χ0) is 18.1. The van der Waals surface area contributed by atoms with E-state index in [1.165, 1.54) is 11.3 Å². The Kier molecular flexibility index (Phi) is 4.81. The molecule has 6 heteroatoms. The lowest BCUT2D eigenvalue weighted by atomic mass is 10.0. The summed E-state index contributed by atoms with van der Waals surface area (Å²) in [5, 5.41) is 9.25. The standard InChI is InChI=1S/C19H21NO4S/c1-11-15(19(22)23)8-9-20(11)18(21)17-10-16(12(2)25-17)13-4-6-14(24-3)7-5-13/h4-7,10-11,15H,8-9H2,1-3H3,(H,22,23). The van der Waals surface area contributed by atoms with Gasteiger partial charge < -0.3 is 14.7 Å². The number of nitrogens with zero attached hydrogens (tertiary/aromatic N) is 1. The fourth-order valence-electron chi connectivity index (χ4n) is 3.34. The van der Waals surface area contributed by atoms with Gasteiger partial charge in [-0.25, -0.2) is 0 Å². The fourth-order valence-corrected chi connectivity index (χ4v) is 4.34. The molecule has 2 heterocycles. The summed E-state index contributed by atoms with van der Waals surface area (Å²) in [6.45, 7) is 4.30. The van der Waals surface area contributed by atoms with Gasteiger partial charge in [-0.05, 0) is 49.6 Å². The molecule has 0 radical (unpaired) electrons. The number of thiophene rings is 1. The summed E-state index contributed by atoms with van der Waals surface area (Å²) in [5.41, 5.74) is 2.06. The third-order valence-corrected chi connectivity index (χ3v) is 5.90. The highest BCUT2D eigenvalue weighted by molar-refractivity contribution is 7.14. The number of aryl methyl sites for hydroxylation is 1. The van der Waals surface area contributed by atoms with Gasteiger partial charge >= 0.3 is 5.97 Å². The Labute approximate surface area is 150 Å². The highest BCUT2D eigenvalue weighted by Gasteiger charge is 2.38. The second kappa shape index (κ2) is 6.88. The van der Waals surface area contributed by atoms with Gasteiger partial charge in [-0.3, -0.25) is 9.59 Å². The maximum absolute atomic E-state index is 12.8. The zero-order valence-corrected chi connectivity index (χ0v) is 15.3. The predicted octanol–water partition coefficient (Wildman–Crippen LogP) is 3.67. The molecule has 2 atom stereocenters. The zero-order valence-electron chi connectivity index (χ0n) is 14.5. The number of ether oxygens (including phenoxy) is 1. The number of likely N-dealkylation sites (tertiary alicyclic amines) is 1. The van der Waals surface area contributed by atoms with Crippen molar-refractivity contribution >= 4 is 23.2 Å². The lowest BCUT2D eigenvalue weighted by molar-refractivity contribution is -0.142. The van der Waals surface area contributed by atoms with Gasteiger partial charge in [0.2, 0.25) is 0 Å². The molecule has 2 aromatic rings. The van der Waals surface area contributed by atoms with Gasteiger partial charge in [-0.2, -0.15) is 0 Å². The van der Waals surface area contributed by atoms with Crippen molar-refractivity contribution in [2.24, 2.45) is 5.92 Å². The average Bonchev–Trinajstić information content (AvgIpc) is 3.17. The van der Waals surface area contributed by atoms with Crippen LogP contribution in [0.3, 0.4) is 0 Å². The van der Waals surface area contributed by atoms with Crippen molar-refractivity contribution in [2.75, 3.05) is 13.7 Å². The molecule has 1 aliphatic heterocycles. The van der Waals surface area contributed by atoms with Crippen LogP contribution in [0.4, 0.5) is 0 Å². The number of carboxylic acid groups (broad SMARTS) is 1. The van der Waals surface area contributed by atoms with Gasteiger partial charge in [0.15, 0.2) is 0 Å². The van der Waals surface area contributed by atoms with Gasteiger partial charge in [0.05, 0.1) is 17.9 Å². The van der Waals surface area contributed by atoms with Crippen LogP contribution in [-0.4, -0.2) is 41.6 Å². The second-order valence-electron chi connectivity index (χ2n) is 6.28. The van der Waals surface area contributed by atoms with Gasteiger partial charge in [0.1, 0.15) is 5.75 Å². The number of methoxy groups -OCH3 is 1. The highest BCUT2D eigenvalue weighted by atomic mass is 32.1. The maximum atomic E-state index is 12.8. The molecule has 1 aromatic heterocycles. The molecule has 1 aromatic carbocycles. The Balaban J connectivity index is 1.84. The van der Waals surface area contributed by atoms with E-state index >= 15 is 0 Å². The third kappa shape index (κ3) is 3.26. The van der Waals surface area contributed by atoms with E-state index in [2.05, 4.69) is 0 Å². The Morgan fingerprint density at radius 1 is 1.28 bits per heavy atom. The molecule has 1 amide bonds. The first kappa shape index (κ1) is 17.5. The van der Waals surface area contributed by atoms with Gasteiger partial charge in [-0.15, -0.1) is 11.3 Å². The van der Waals surface area contributed by atoms with Crippen LogP contribution in [0.15, 0.2) is 30.3 Å². The summed E-state index contributed by atoms with van der Waals surface area (Å²) >= 11 is 1.46. The van der Waals surface area contributed by atoms with E-state index in [9.17, 15) is 14.7 Å². The summed E-state index contributed by atoms with van der Waals surface area (Å²) in [5.74, 6) is -0.599. The Morgan fingerprint density at radius 2 is 1.96 bits per heavy atom. The van der Waals surface area contributed by atoms with Crippen LogP contribution in [-0.2, 0) is 4.79 Å². The normalized spacial score (nSPS) is 19.9. The summed E-state index contributed by atoms with van der Waals surface area (Å²) in [7, 11) is 1.63. The topological polar surface area (TPSA) is 66.8 Å². The number of carbonyl (C=O) groups is 2. The molecule has 3 rings (SSSR count). The molecule has 0 aliphatic carbocycles. The number of carboxylic acids is 1. The van der Waals surface area contributed by atoms with E-state index in [1.807, 2.05) is 44.2 Å². The van der Waals surface area contributed by atoms with E-state index in [-0.39, 0.29) is 11.9 Å². The number of hydrogen-bond donors (Lipinski definition) is 1. The lowest BCUT2D eigenvalue weighted by Crippen LogP contribution is -2.37. The second-order valence-corrected chi connectivity index (χ2v) is 7.54. The molecular formula is C19H21NO4S. The first-order valence-electron chi connectivity index (χ1n) is 8.21. The van der Waals surface area contributed by atoms with Gasteiger partial charge in [-0.1, -0.05) is 12.1 Å². The van der Waals surface area contributed by atoms with Crippen molar-refractivity contribution in [1.82, 2.24) is 4.90 Å². The van der Waals surface area contributed by atoms with Crippen molar-refractivity contribution in [3.8, 4) is 16.9 Å². The molecule has 25 heavy (non-hydrogen) atoms. The van der Waals surface area contributed by atoms with Crippen LogP contribution in [0.25, 0.3) is 11.1 Å². The van der Waals surface area contributed by atoms with E-state index in [0.717, 1.165) is 21.8 Å². The molecule has 2 unspecified atom stereocenters. The molecule has 1 fully saturated rings. The predicted molar refractivity (Wildman–Crippen MR) is 97.3 cm³/mol. The highest BCUT2D eigenvalue weighted by Crippen LogP contribution is 2.34. The fraction of sp³-hybridized carbons (Fsp3) is 0.368. The largest absolute Gasteiger partial charge is 0.497 e. The van der Waals surface area contributed by atoms with Crippen LogP contribution >= 0.6 is 11.3 Å². The summed E-state index contributed by atoms with van der Waals surface area (Å²) < 4.78 is 5.18. The van der Waals surface area contributed by atoms with Crippen molar-refractivity contribution in [2.45, 2.75) is 26.3 Å². The molecule has 0 spiro atoms. The molecule has 132 valence electrons. The van der Waals surface area contributed by atoms with Gasteiger partial charge in [0, 0.05) is 17.5 Å². The Hall–Kier alpha value is -2.34. The van der Waals surface area contributed by atoms with Crippen LogP contribution in [0, 0.1) is 12.8 Å². The Bertz CT molecular complexity index is 796. The summed E-state index contributed by atoms with van der Waals surface area (Å²) in [4.78, 5) is 27.5. The molecule has 1 aliphatic rings. The first-order valence-corrected chi connectivity index (χ1v) is 9.02. The summed E-state index contributed by atoms with van der Waals surface area (Å²) in [6, 6.07) is 9.37. The lowest BCUT2D eigenvalue weighted by Gasteiger charge is -2.22. The van der Waals surface area contributed by atoms with Crippen molar-refractivity contribution in [3.63, 3.8) is 0 Å². The quantitative estimate of drug-likeness (QED) is 0.904. The van der Waals surface area contributed by atoms with Crippen LogP contribution in [0.1, 0.15) is 27.9 Å². The number of aliphatic carboxylic acids is 1. The molecule has 1 saturated heterocycles. The number of amides is 1. The SMILES string of the molecule is COc1ccc(-c2cc(C(=O)N3CCC(C(=O)O)C3C)sc2C)cc1. The minimum atomic E-state index is -0.830. The average molecular weight is 359 g/mol. The first-order chi connectivity index (χ1) is 11.9. The minimum Gasteiger partial charge on any atom is -0.497 e. The van der Waals surface area contributed by atoms with E-state index < -0.39 is 11.9 Å². The van der Waals surface area contributed by atoms with Crippen molar-refractivity contribution < 1.29 is 19.4 Å². The monoisotopic (exact) mass is 359 g/mol. The van der Waals surface area contributed by atoms with Crippen LogP contribution < -0.4 is 4.74 Å². The van der Waals surface area contributed by atoms with Crippen molar-refractivity contribution in [3.05, 3.63) is 40.1 Å². The smallest absolute Gasteiger partial charge is 0.308 e. The van der Waals surface area contributed by atoms with Crippen LogP contribution in [0.2, 0.25) is 0 Å². The number of carbonyl (C=O) groups excluding carboxylic acids is 1. The van der Waals surface area contributed by atoms with E-state index in [0.29, 0.717) is 17.8 Å². The minimum absolute atomic E-state index is 0.0795. The molecular weight excluding hydrogens is 338 g/mol. The third-order valence-electron chi connectivity index (χ3n) is 4.86. The van der Waals surface area contributed by atoms with E-state index in [1.54, 1.807) is 12.0 Å². The number of benzene rings is 1. The molecule has 0 saturated carbocycles. The molecule has 1 N–H and O–H groups in total. The Morgan fingerprint density at radius 3 is 2.52 bits per heavy atom. The van der Waals surface area contributed by atoms with Crippen LogP contribution in [0.5, 0.6) is 5.75 Å². The molecule has 5 nitrogen and oxygen atoms in total. The van der Waals surface area contributed by atoms with Gasteiger partial charge in [0.25, 0.3) is 5.91 Å². The number of rotatable bonds is 4. The number of hydrogen-bond acceptors (Lipinski definition) is 4. The summed E-state index contributed by atoms with van der Waals surface area (Å²) in [6.07, 6.45) is 0.512.